The maximum atomic E-state index is 12.4. The Bertz CT molecular complexity index is 812. The van der Waals surface area contributed by atoms with Crippen LogP contribution in [0.2, 0.25) is 0 Å². The summed E-state index contributed by atoms with van der Waals surface area (Å²) in [6.45, 7) is 0. The molecule has 0 bridgehead atoms. The quantitative estimate of drug-likeness (QED) is 0.802. The third kappa shape index (κ3) is 1.65. The van der Waals surface area contributed by atoms with E-state index in [1.807, 2.05) is 0 Å². The number of nitrogens with zero attached hydrogens (tertiary/aromatic N) is 1. The molecule has 0 unspecified atom stereocenters. The first-order valence-electron chi connectivity index (χ1n) is 5.81. The van der Waals surface area contributed by atoms with Crippen LogP contribution in [0, 0.1) is 0 Å². The summed E-state index contributed by atoms with van der Waals surface area (Å²) in [7, 11) is -4.37. The third-order valence-electron chi connectivity index (χ3n) is 3.03. The summed E-state index contributed by atoms with van der Waals surface area (Å²) in [4.78, 5) is 24.5. The maximum Gasteiger partial charge on any atom is 0.309 e. The zero-order chi connectivity index (χ0) is 14.3. The van der Waals surface area contributed by atoms with Crippen LogP contribution in [0.15, 0.2) is 54.6 Å². The van der Waals surface area contributed by atoms with E-state index >= 15 is 0 Å². The first-order valence-corrected chi connectivity index (χ1v) is 7.25. The van der Waals surface area contributed by atoms with Crippen molar-refractivity contribution >= 4 is 26.7 Å². The standard InChI is InChI=1S/C14H9NO4S/c16-13-11-8-4-5-9-12(11)14(17)20(18,19)15(13)10-6-2-1-3-7-10/h1-9H. The van der Waals surface area contributed by atoms with Crippen molar-refractivity contribution in [3.05, 3.63) is 65.7 Å². The number of fused-ring (bicyclic) bond motifs is 1. The summed E-state index contributed by atoms with van der Waals surface area (Å²) in [6, 6.07) is 13.7. The van der Waals surface area contributed by atoms with Gasteiger partial charge in [0.25, 0.3) is 11.0 Å². The summed E-state index contributed by atoms with van der Waals surface area (Å²) in [5, 5.41) is -1.06. The molecule has 0 aliphatic carbocycles. The van der Waals surface area contributed by atoms with Crippen LogP contribution in [-0.4, -0.2) is 19.4 Å². The van der Waals surface area contributed by atoms with E-state index in [1.165, 1.54) is 30.3 Å². The van der Waals surface area contributed by atoms with E-state index in [4.69, 9.17) is 0 Å². The third-order valence-corrected chi connectivity index (χ3v) is 4.57. The van der Waals surface area contributed by atoms with Gasteiger partial charge in [-0.05, 0) is 24.3 Å². The molecule has 1 heterocycles. The van der Waals surface area contributed by atoms with Crippen molar-refractivity contribution in [2.75, 3.05) is 4.31 Å². The predicted octanol–water partition coefficient (Wildman–Crippen LogP) is 1.82. The van der Waals surface area contributed by atoms with Gasteiger partial charge in [-0.3, -0.25) is 9.59 Å². The van der Waals surface area contributed by atoms with E-state index in [9.17, 15) is 18.0 Å². The van der Waals surface area contributed by atoms with E-state index in [0.717, 1.165) is 0 Å². The molecule has 0 aromatic heterocycles. The van der Waals surface area contributed by atoms with Gasteiger partial charge in [0, 0.05) is 5.56 Å². The normalized spacial score (nSPS) is 16.9. The average Bonchev–Trinajstić information content (AvgIpc) is 2.46. The van der Waals surface area contributed by atoms with Crippen LogP contribution in [0.4, 0.5) is 5.69 Å². The number of benzene rings is 2. The fraction of sp³-hybridized carbons (Fsp3) is 0. The number of hydrogen-bond donors (Lipinski definition) is 0. The number of amides is 1. The highest BCUT2D eigenvalue weighted by atomic mass is 32.2. The Hall–Kier alpha value is -2.47. The Morgan fingerprint density at radius 3 is 1.95 bits per heavy atom. The number of sulfonamides is 1. The zero-order valence-electron chi connectivity index (χ0n) is 10.2. The van der Waals surface area contributed by atoms with Gasteiger partial charge in [-0.15, -0.1) is 0 Å². The number of carbonyl (C=O) groups is 2. The highest BCUT2D eigenvalue weighted by molar-refractivity contribution is 8.08. The second-order valence-electron chi connectivity index (χ2n) is 4.24. The molecule has 0 spiro atoms. The Morgan fingerprint density at radius 1 is 0.750 bits per heavy atom. The van der Waals surface area contributed by atoms with E-state index in [1.54, 1.807) is 24.3 Å². The molecule has 5 nitrogen and oxygen atoms in total. The Morgan fingerprint density at radius 2 is 1.30 bits per heavy atom. The number of rotatable bonds is 1. The molecule has 2 aromatic rings. The minimum Gasteiger partial charge on any atom is -0.274 e. The summed E-state index contributed by atoms with van der Waals surface area (Å²) in [5.41, 5.74) is 0.168. The molecule has 0 radical (unpaired) electrons. The molecule has 1 aliphatic heterocycles. The number of carbonyl (C=O) groups excluding carboxylic acids is 2. The molecule has 0 saturated heterocycles. The lowest BCUT2D eigenvalue weighted by Gasteiger charge is -2.26. The van der Waals surface area contributed by atoms with Crippen LogP contribution in [-0.2, 0) is 10.0 Å². The van der Waals surface area contributed by atoms with Gasteiger partial charge in [-0.1, -0.05) is 30.3 Å². The van der Waals surface area contributed by atoms with Gasteiger partial charge < -0.3 is 0 Å². The SMILES string of the molecule is O=C1c2ccccc2C(=O)S(=O)(=O)N1c1ccccc1. The highest BCUT2D eigenvalue weighted by Gasteiger charge is 2.43. The fourth-order valence-electron chi connectivity index (χ4n) is 2.11. The van der Waals surface area contributed by atoms with Gasteiger partial charge in [0.15, 0.2) is 0 Å². The highest BCUT2D eigenvalue weighted by Crippen LogP contribution is 2.29. The van der Waals surface area contributed by atoms with Crippen LogP contribution in [0.5, 0.6) is 0 Å². The first kappa shape index (κ1) is 12.6. The second-order valence-corrected chi connectivity index (χ2v) is 5.93. The molecule has 0 atom stereocenters. The Kier molecular flexibility index (Phi) is 2.69. The molecule has 100 valence electrons. The van der Waals surface area contributed by atoms with Crippen molar-refractivity contribution in [1.29, 1.82) is 0 Å². The van der Waals surface area contributed by atoms with Gasteiger partial charge in [0.05, 0.1) is 11.3 Å². The van der Waals surface area contributed by atoms with Gasteiger partial charge in [0.2, 0.25) is 0 Å². The molecule has 1 aliphatic rings. The lowest BCUT2D eigenvalue weighted by Crippen LogP contribution is -2.46. The topological polar surface area (TPSA) is 71.5 Å². The zero-order valence-corrected chi connectivity index (χ0v) is 11.0. The molecule has 0 saturated carbocycles. The lowest BCUT2D eigenvalue weighted by atomic mass is 10.1. The van der Waals surface area contributed by atoms with Crippen LogP contribution in [0.3, 0.4) is 0 Å². The van der Waals surface area contributed by atoms with E-state index in [2.05, 4.69) is 0 Å². The van der Waals surface area contributed by atoms with Crippen molar-refractivity contribution in [2.24, 2.45) is 0 Å². The minimum absolute atomic E-state index is 0.0790. The van der Waals surface area contributed by atoms with Gasteiger partial charge in [-0.2, -0.15) is 12.7 Å². The summed E-state index contributed by atoms with van der Waals surface area (Å²) < 4.78 is 25.0. The number of para-hydroxylation sites is 1. The molecule has 2 aromatic carbocycles. The minimum atomic E-state index is -4.37. The molecule has 20 heavy (non-hydrogen) atoms. The average molecular weight is 287 g/mol. The lowest BCUT2D eigenvalue weighted by molar-refractivity contribution is 0.0977. The molecule has 6 heteroatoms. The van der Waals surface area contributed by atoms with Crippen molar-refractivity contribution < 1.29 is 18.0 Å². The molecule has 1 amide bonds. The second kappa shape index (κ2) is 4.28. The molecule has 0 fully saturated rings. The smallest absolute Gasteiger partial charge is 0.274 e. The first-order chi connectivity index (χ1) is 9.53. The number of anilines is 1. The Labute approximate surface area is 115 Å². The van der Waals surface area contributed by atoms with E-state index in [0.29, 0.717) is 4.31 Å². The monoisotopic (exact) mass is 287 g/mol. The van der Waals surface area contributed by atoms with E-state index in [-0.39, 0.29) is 16.8 Å². The van der Waals surface area contributed by atoms with Gasteiger partial charge in [0.1, 0.15) is 0 Å². The van der Waals surface area contributed by atoms with Crippen molar-refractivity contribution in [1.82, 2.24) is 0 Å². The molecule has 0 N–H and O–H groups in total. The van der Waals surface area contributed by atoms with Gasteiger partial charge in [-0.25, -0.2) is 0 Å². The fourth-order valence-corrected chi connectivity index (χ4v) is 3.45. The van der Waals surface area contributed by atoms with E-state index < -0.39 is 21.0 Å². The van der Waals surface area contributed by atoms with Crippen molar-refractivity contribution in [3.8, 4) is 0 Å². The molecular formula is C14H9NO4S. The Balaban J connectivity index is 2.28. The summed E-state index contributed by atoms with van der Waals surface area (Å²) in [5.74, 6) is -0.716. The summed E-state index contributed by atoms with van der Waals surface area (Å²) >= 11 is 0. The van der Waals surface area contributed by atoms with Crippen molar-refractivity contribution in [3.63, 3.8) is 0 Å². The van der Waals surface area contributed by atoms with Crippen molar-refractivity contribution in [2.45, 2.75) is 0 Å². The predicted molar refractivity (Wildman–Crippen MR) is 72.9 cm³/mol. The largest absolute Gasteiger partial charge is 0.309 e. The molecule has 3 rings (SSSR count). The van der Waals surface area contributed by atoms with Crippen LogP contribution in [0.1, 0.15) is 20.7 Å². The van der Waals surface area contributed by atoms with Crippen LogP contribution >= 0.6 is 0 Å². The van der Waals surface area contributed by atoms with Gasteiger partial charge >= 0.3 is 10.0 Å². The number of hydrogen-bond acceptors (Lipinski definition) is 4. The molecular weight excluding hydrogens is 278 g/mol. The summed E-state index contributed by atoms with van der Waals surface area (Å²) in [6.07, 6.45) is 0. The van der Waals surface area contributed by atoms with Crippen LogP contribution in [0.25, 0.3) is 0 Å². The van der Waals surface area contributed by atoms with Crippen LogP contribution < -0.4 is 4.31 Å². The maximum absolute atomic E-state index is 12.4.